The SMILES string of the molecule is CN(C)CCCc1cccc2c1Cc1ccccc1CS2. The number of hydrogen-bond donors (Lipinski definition) is 0. The van der Waals surface area contributed by atoms with Gasteiger partial charge in [0.05, 0.1) is 0 Å². The van der Waals surface area contributed by atoms with E-state index in [1.807, 2.05) is 11.8 Å². The highest BCUT2D eigenvalue weighted by molar-refractivity contribution is 7.98. The maximum atomic E-state index is 2.32. The lowest BCUT2D eigenvalue weighted by Gasteiger charge is -2.14. The van der Waals surface area contributed by atoms with Crippen LogP contribution in [-0.2, 0) is 18.6 Å². The van der Waals surface area contributed by atoms with Crippen LogP contribution in [0.5, 0.6) is 0 Å². The number of thioether (sulfide) groups is 1. The van der Waals surface area contributed by atoms with E-state index in [0.29, 0.717) is 0 Å². The second-order valence-electron chi connectivity index (χ2n) is 6.03. The summed E-state index contributed by atoms with van der Waals surface area (Å²) in [5.41, 5.74) is 6.10. The Balaban J connectivity index is 1.86. The molecular weight excluding hydrogens is 274 g/mol. The minimum Gasteiger partial charge on any atom is -0.309 e. The van der Waals surface area contributed by atoms with Crippen LogP contribution in [0.1, 0.15) is 28.7 Å². The van der Waals surface area contributed by atoms with Crippen LogP contribution in [0.4, 0.5) is 0 Å². The maximum absolute atomic E-state index is 2.32. The van der Waals surface area contributed by atoms with Gasteiger partial charge in [-0.25, -0.2) is 0 Å². The van der Waals surface area contributed by atoms with Gasteiger partial charge in [0.25, 0.3) is 0 Å². The summed E-state index contributed by atoms with van der Waals surface area (Å²) in [4.78, 5) is 3.75. The average molecular weight is 297 g/mol. The molecule has 1 nitrogen and oxygen atoms in total. The molecule has 0 N–H and O–H groups in total. The van der Waals surface area contributed by atoms with Gasteiger partial charge in [-0.05, 0) is 68.2 Å². The minimum atomic E-state index is 1.09. The molecule has 1 aliphatic heterocycles. The molecule has 0 bridgehead atoms. The molecule has 2 heteroatoms. The number of benzene rings is 2. The first-order chi connectivity index (χ1) is 10.2. The molecular formula is C19H23NS. The lowest BCUT2D eigenvalue weighted by Crippen LogP contribution is -2.13. The summed E-state index contributed by atoms with van der Waals surface area (Å²) < 4.78 is 0. The molecule has 3 rings (SSSR count). The number of fused-ring (bicyclic) bond motifs is 2. The molecule has 0 unspecified atom stereocenters. The second kappa shape index (κ2) is 6.67. The molecule has 0 spiro atoms. The van der Waals surface area contributed by atoms with Crippen molar-refractivity contribution in [1.82, 2.24) is 4.90 Å². The predicted octanol–water partition coefficient (Wildman–Crippen LogP) is 4.38. The van der Waals surface area contributed by atoms with Gasteiger partial charge in [0.1, 0.15) is 0 Å². The second-order valence-corrected chi connectivity index (χ2v) is 7.05. The van der Waals surface area contributed by atoms with Gasteiger partial charge in [0.15, 0.2) is 0 Å². The monoisotopic (exact) mass is 297 g/mol. The van der Waals surface area contributed by atoms with Crippen molar-refractivity contribution in [1.29, 1.82) is 0 Å². The molecule has 0 atom stereocenters. The van der Waals surface area contributed by atoms with E-state index in [0.717, 1.165) is 18.7 Å². The van der Waals surface area contributed by atoms with E-state index in [2.05, 4.69) is 61.5 Å². The Morgan fingerprint density at radius 1 is 1.00 bits per heavy atom. The Labute approximate surface area is 132 Å². The first-order valence-corrected chi connectivity index (χ1v) is 8.67. The van der Waals surface area contributed by atoms with Crippen molar-refractivity contribution in [2.75, 3.05) is 20.6 Å². The first-order valence-electron chi connectivity index (χ1n) is 7.69. The molecule has 1 aliphatic rings. The smallest absolute Gasteiger partial charge is 0.0234 e. The fourth-order valence-electron chi connectivity index (χ4n) is 2.98. The normalized spacial score (nSPS) is 13.7. The van der Waals surface area contributed by atoms with Crippen molar-refractivity contribution in [2.24, 2.45) is 0 Å². The molecule has 0 aliphatic carbocycles. The Bertz CT molecular complexity index is 619. The van der Waals surface area contributed by atoms with Gasteiger partial charge >= 0.3 is 0 Å². The molecule has 1 heterocycles. The summed E-state index contributed by atoms with van der Waals surface area (Å²) in [7, 11) is 4.30. The van der Waals surface area contributed by atoms with E-state index in [-0.39, 0.29) is 0 Å². The van der Waals surface area contributed by atoms with Crippen LogP contribution in [0.3, 0.4) is 0 Å². The first kappa shape index (κ1) is 14.7. The van der Waals surface area contributed by atoms with Crippen LogP contribution in [0.2, 0.25) is 0 Å². The summed E-state index contributed by atoms with van der Waals surface area (Å²) >= 11 is 2.00. The molecule has 0 saturated carbocycles. The van der Waals surface area contributed by atoms with Crippen LogP contribution < -0.4 is 0 Å². The zero-order chi connectivity index (χ0) is 14.7. The third-order valence-electron chi connectivity index (χ3n) is 4.15. The third-order valence-corrected chi connectivity index (χ3v) is 5.30. The van der Waals surface area contributed by atoms with Crippen LogP contribution in [0.15, 0.2) is 47.4 Å². The number of aryl methyl sites for hydroxylation is 1. The maximum Gasteiger partial charge on any atom is 0.0234 e. The number of rotatable bonds is 4. The van der Waals surface area contributed by atoms with E-state index in [1.165, 1.54) is 28.9 Å². The van der Waals surface area contributed by atoms with E-state index in [4.69, 9.17) is 0 Å². The van der Waals surface area contributed by atoms with Crippen LogP contribution in [0.25, 0.3) is 0 Å². The van der Waals surface area contributed by atoms with E-state index >= 15 is 0 Å². The molecule has 2 aromatic rings. The van der Waals surface area contributed by atoms with Gasteiger partial charge in [-0.1, -0.05) is 36.4 Å². The molecule has 0 aromatic heterocycles. The van der Waals surface area contributed by atoms with Gasteiger partial charge in [-0.15, -0.1) is 11.8 Å². The minimum absolute atomic E-state index is 1.09. The Kier molecular flexibility index (Phi) is 4.67. The largest absolute Gasteiger partial charge is 0.309 e. The Hall–Kier alpha value is -1.25. The molecule has 0 fully saturated rings. The molecule has 0 radical (unpaired) electrons. The summed E-state index contributed by atoms with van der Waals surface area (Å²) in [5, 5.41) is 0. The van der Waals surface area contributed by atoms with Gasteiger partial charge in [0, 0.05) is 10.6 Å². The van der Waals surface area contributed by atoms with Crippen molar-refractivity contribution in [2.45, 2.75) is 29.9 Å². The van der Waals surface area contributed by atoms with Gasteiger partial charge in [0.2, 0.25) is 0 Å². The zero-order valence-electron chi connectivity index (χ0n) is 12.9. The van der Waals surface area contributed by atoms with Gasteiger partial charge in [-0.3, -0.25) is 0 Å². The summed E-state index contributed by atoms with van der Waals surface area (Å²) in [6, 6.07) is 15.7. The summed E-state index contributed by atoms with van der Waals surface area (Å²) in [6.07, 6.45) is 3.51. The summed E-state index contributed by atoms with van der Waals surface area (Å²) in [5.74, 6) is 1.10. The topological polar surface area (TPSA) is 3.24 Å². The molecule has 21 heavy (non-hydrogen) atoms. The van der Waals surface area contributed by atoms with E-state index in [1.54, 1.807) is 11.1 Å². The van der Waals surface area contributed by atoms with Gasteiger partial charge < -0.3 is 4.90 Å². The highest BCUT2D eigenvalue weighted by Crippen LogP contribution is 2.35. The quantitative estimate of drug-likeness (QED) is 0.824. The molecule has 0 saturated heterocycles. The lowest BCUT2D eigenvalue weighted by molar-refractivity contribution is 0.400. The highest BCUT2D eigenvalue weighted by Gasteiger charge is 2.15. The van der Waals surface area contributed by atoms with Crippen LogP contribution in [-0.4, -0.2) is 25.5 Å². The number of nitrogens with zero attached hydrogens (tertiary/aromatic N) is 1. The standard InChI is InChI=1S/C19H23NS/c1-20(2)12-6-10-15-9-5-11-19-18(15)13-16-7-3-4-8-17(16)14-21-19/h3-5,7-9,11H,6,10,12-14H2,1-2H3. The van der Waals surface area contributed by atoms with Crippen molar-refractivity contribution in [3.63, 3.8) is 0 Å². The van der Waals surface area contributed by atoms with Crippen molar-refractivity contribution >= 4 is 11.8 Å². The highest BCUT2D eigenvalue weighted by atomic mass is 32.2. The lowest BCUT2D eigenvalue weighted by atomic mass is 9.95. The fraction of sp³-hybridized carbons (Fsp3) is 0.368. The molecule has 2 aromatic carbocycles. The third kappa shape index (κ3) is 3.50. The Morgan fingerprint density at radius 3 is 2.62 bits per heavy atom. The number of hydrogen-bond acceptors (Lipinski definition) is 2. The van der Waals surface area contributed by atoms with Crippen LogP contribution >= 0.6 is 11.8 Å². The van der Waals surface area contributed by atoms with Crippen molar-refractivity contribution in [3.8, 4) is 0 Å². The fourth-order valence-corrected chi connectivity index (χ4v) is 4.13. The van der Waals surface area contributed by atoms with Gasteiger partial charge in [-0.2, -0.15) is 0 Å². The van der Waals surface area contributed by atoms with E-state index < -0.39 is 0 Å². The summed E-state index contributed by atoms with van der Waals surface area (Å²) in [6.45, 7) is 1.16. The predicted molar refractivity (Wildman–Crippen MR) is 92.1 cm³/mol. The Morgan fingerprint density at radius 2 is 1.81 bits per heavy atom. The van der Waals surface area contributed by atoms with E-state index in [9.17, 15) is 0 Å². The molecule has 0 amide bonds. The zero-order valence-corrected chi connectivity index (χ0v) is 13.7. The van der Waals surface area contributed by atoms with Crippen molar-refractivity contribution in [3.05, 3.63) is 64.7 Å². The van der Waals surface area contributed by atoms with Crippen LogP contribution in [0, 0.1) is 0 Å². The molecule has 110 valence electrons. The van der Waals surface area contributed by atoms with Crippen molar-refractivity contribution < 1.29 is 0 Å². The average Bonchev–Trinajstić information content (AvgIpc) is 2.67.